The molecule has 0 aliphatic rings. The van der Waals surface area contributed by atoms with Crippen molar-refractivity contribution in [3.8, 4) is 0 Å². The molecule has 0 amide bonds. The Morgan fingerprint density at radius 1 is 0.630 bits per heavy atom. The maximum Gasteiger partial charge on any atom is -0.0201 e. The zero-order valence-corrected chi connectivity index (χ0v) is 18.5. The molecule has 0 aliphatic carbocycles. The molecule has 0 saturated carbocycles. The van der Waals surface area contributed by atoms with Crippen molar-refractivity contribution in [1.82, 2.24) is 0 Å². The van der Waals surface area contributed by atoms with Crippen LogP contribution >= 0.6 is 0 Å². The third-order valence-corrected chi connectivity index (χ3v) is 5.78. The van der Waals surface area contributed by atoms with Gasteiger partial charge in [0.25, 0.3) is 0 Å². The monoisotopic (exact) mass is 370 g/mol. The lowest BCUT2D eigenvalue weighted by Gasteiger charge is -2.09. The molecule has 0 N–H and O–H groups in total. The van der Waals surface area contributed by atoms with Gasteiger partial charge in [-0.05, 0) is 30.9 Å². The van der Waals surface area contributed by atoms with E-state index in [9.17, 15) is 0 Å². The number of hydrogen-bond acceptors (Lipinski definition) is 0. The summed E-state index contributed by atoms with van der Waals surface area (Å²) in [7, 11) is 0. The van der Waals surface area contributed by atoms with Crippen LogP contribution in [0.25, 0.3) is 5.57 Å². The lowest BCUT2D eigenvalue weighted by Crippen LogP contribution is -1.92. The van der Waals surface area contributed by atoms with Crippen molar-refractivity contribution in [2.75, 3.05) is 0 Å². The lowest BCUT2D eigenvalue weighted by molar-refractivity contribution is 0.529. The molecule has 0 radical (unpaired) electrons. The number of rotatable bonds is 18. The van der Waals surface area contributed by atoms with Crippen molar-refractivity contribution in [2.24, 2.45) is 0 Å². The molecule has 0 aliphatic heterocycles. The van der Waals surface area contributed by atoms with Gasteiger partial charge in [-0.1, -0.05) is 140 Å². The van der Waals surface area contributed by atoms with E-state index in [1.165, 1.54) is 126 Å². The van der Waals surface area contributed by atoms with Gasteiger partial charge >= 0.3 is 0 Å². The van der Waals surface area contributed by atoms with Crippen molar-refractivity contribution in [2.45, 2.75) is 123 Å². The molecule has 0 saturated heterocycles. The molecule has 154 valence electrons. The van der Waals surface area contributed by atoms with Crippen LogP contribution in [0.4, 0.5) is 0 Å². The Hall–Kier alpha value is -1.04. The quantitative estimate of drug-likeness (QED) is 0.226. The van der Waals surface area contributed by atoms with Crippen LogP contribution in [0.2, 0.25) is 0 Å². The first kappa shape index (κ1) is 24.0. The Labute approximate surface area is 170 Å². The molecule has 0 heterocycles. The van der Waals surface area contributed by atoms with Crippen molar-refractivity contribution in [3.05, 3.63) is 42.0 Å². The zero-order chi connectivity index (χ0) is 19.6. The third-order valence-electron chi connectivity index (χ3n) is 5.78. The molecule has 1 rings (SSSR count). The molecule has 0 aromatic heterocycles. The molecule has 0 unspecified atom stereocenters. The van der Waals surface area contributed by atoms with E-state index < -0.39 is 0 Å². The second-order valence-corrected chi connectivity index (χ2v) is 8.49. The Kier molecular flexibility index (Phi) is 15.2. The van der Waals surface area contributed by atoms with Crippen LogP contribution in [0, 0.1) is 0 Å². The van der Waals surface area contributed by atoms with Gasteiger partial charge in [0.15, 0.2) is 0 Å². The second kappa shape index (κ2) is 17.1. The molecule has 0 heteroatoms. The fraction of sp³-hybridized carbons (Fsp3) is 0.704. The molecule has 0 nitrogen and oxygen atoms in total. The summed E-state index contributed by atoms with van der Waals surface area (Å²) in [5.41, 5.74) is 4.04. The molecule has 1 aromatic rings. The highest BCUT2D eigenvalue weighted by molar-refractivity contribution is 5.64. The highest BCUT2D eigenvalue weighted by atomic mass is 14.1. The fourth-order valence-electron chi connectivity index (χ4n) is 4.02. The third kappa shape index (κ3) is 12.9. The van der Waals surface area contributed by atoms with Gasteiger partial charge in [0.05, 0.1) is 0 Å². The summed E-state index contributed by atoms with van der Waals surface area (Å²) in [6, 6.07) is 8.77. The molecular formula is C27H46. The van der Waals surface area contributed by atoms with Gasteiger partial charge in [0.2, 0.25) is 0 Å². The lowest BCUT2D eigenvalue weighted by atomic mass is 9.97. The summed E-state index contributed by atoms with van der Waals surface area (Å²) in [5.74, 6) is 0. The van der Waals surface area contributed by atoms with Gasteiger partial charge in [-0.25, -0.2) is 0 Å². The molecule has 0 atom stereocenters. The number of unbranched alkanes of at least 4 members (excludes halogenated alkanes) is 15. The first-order valence-electron chi connectivity index (χ1n) is 12.0. The van der Waals surface area contributed by atoms with Crippen LogP contribution < -0.4 is 0 Å². The van der Waals surface area contributed by atoms with E-state index in [0.717, 1.165) is 0 Å². The molecule has 0 bridgehead atoms. The van der Waals surface area contributed by atoms with E-state index in [2.05, 4.69) is 44.7 Å². The SMILES string of the molecule is C=C(C)c1ccccc1CCCCCCCCCCCCCCCCCC. The van der Waals surface area contributed by atoms with E-state index in [4.69, 9.17) is 0 Å². The van der Waals surface area contributed by atoms with Crippen LogP contribution in [0.5, 0.6) is 0 Å². The fourth-order valence-corrected chi connectivity index (χ4v) is 4.02. The van der Waals surface area contributed by atoms with Crippen molar-refractivity contribution in [3.63, 3.8) is 0 Å². The predicted molar refractivity (Wildman–Crippen MR) is 124 cm³/mol. The summed E-state index contributed by atoms with van der Waals surface area (Å²) in [6.07, 6.45) is 24.2. The van der Waals surface area contributed by atoms with Gasteiger partial charge in [0.1, 0.15) is 0 Å². The first-order chi connectivity index (χ1) is 13.3. The summed E-state index contributed by atoms with van der Waals surface area (Å²) in [5, 5.41) is 0. The van der Waals surface area contributed by atoms with Gasteiger partial charge < -0.3 is 0 Å². The van der Waals surface area contributed by atoms with Gasteiger partial charge in [0, 0.05) is 0 Å². The van der Waals surface area contributed by atoms with Gasteiger partial charge in [-0.2, -0.15) is 0 Å². The summed E-state index contributed by atoms with van der Waals surface area (Å²) < 4.78 is 0. The van der Waals surface area contributed by atoms with Crippen LogP contribution in [0.15, 0.2) is 30.8 Å². The topological polar surface area (TPSA) is 0 Å². The van der Waals surface area contributed by atoms with E-state index >= 15 is 0 Å². The second-order valence-electron chi connectivity index (χ2n) is 8.49. The van der Waals surface area contributed by atoms with E-state index in [0.29, 0.717) is 0 Å². The van der Waals surface area contributed by atoms with Crippen molar-refractivity contribution >= 4 is 5.57 Å². The Bertz CT molecular complexity index is 471. The van der Waals surface area contributed by atoms with E-state index in [-0.39, 0.29) is 0 Å². The standard InChI is InChI=1S/C27H46/c1-4-5-6-7-8-9-10-11-12-13-14-15-16-17-18-19-22-26-23-20-21-24-27(26)25(2)3/h20-21,23-24H,2,4-19,22H2,1,3H3. The van der Waals surface area contributed by atoms with E-state index in [1.807, 2.05) is 0 Å². The van der Waals surface area contributed by atoms with E-state index in [1.54, 1.807) is 0 Å². The predicted octanol–water partition coefficient (Wildman–Crippen LogP) is 9.52. The minimum atomic E-state index is 1.20. The van der Waals surface area contributed by atoms with Gasteiger partial charge in [-0.15, -0.1) is 0 Å². The summed E-state index contributed by atoms with van der Waals surface area (Å²) >= 11 is 0. The maximum absolute atomic E-state index is 4.11. The van der Waals surface area contributed by atoms with Gasteiger partial charge in [-0.3, -0.25) is 0 Å². The first-order valence-corrected chi connectivity index (χ1v) is 12.0. The Morgan fingerprint density at radius 2 is 1.04 bits per heavy atom. The maximum atomic E-state index is 4.11. The molecule has 0 fully saturated rings. The largest absolute Gasteiger partial charge is 0.0955 e. The average Bonchev–Trinajstić information content (AvgIpc) is 2.68. The van der Waals surface area contributed by atoms with Crippen LogP contribution in [-0.4, -0.2) is 0 Å². The van der Waals surface area contributed by atoms with Crippen LogP contribution in [0.3, 0.4) is 0 Å². The van der Waals surface area contributed by atoms with Crippen molar-refractivity contribution in [1.29, 1.82) is 0 Å². The summed E-state index contributed by atoms with van der Waals surface area (Å²) in [4.78, 5) is 0. The molecular weight excluding hydrogens is 324 g/mol. The Morgan fingerprint density at radius 3 is 1.48 bits per heavy atom. The van der Waals surface area contributed by atoms with Crippen molar-refractivity contribution < 1.29 is 0 Å². The molecule has 0 spiro atoms. The smallest absolute Gasteiger partial charge is 0.0201 e. The average molecular weight is 371 g/mol. The minimum Gasteiger partial charge on any atom is -0.0955 e. The highest BCUT2D eigenvalue weighted by Gasteiger charge is 2.02. The number of allylic oxidation sites excluding steroid dienone is 1. The zero-order valence-electron chi connectivity index (χ0n) is 18.5. The molecule has 1 aromatic carbocycles. The van der Waals surface area contributed by atoms with Crippen LogP contribution in [-0.2, 0) is 6.42 Å². The highest BCUT2D eigenvalue weighted by Crippen LogP contribution is 2.20. The minimum absolute atomic E-state index is 1.20. The number of aryl methyl sites for hydroxylation is 1. The Balaban J connectivity index is 1.85. The number of hydrogen-bond donors (Lipinski definition) is 0. The molecule has 27 heavy (non-hydrogen) atoms. The normalized spacial score (nSPS) is 11.0. The van der Waals surface area contributed by atoms with Crippen LogP contribution in [0.1, 0.15) is 128 Å². The number of benzene rings is 1. The summed E-state index contributed by atoms with van der Waals surface area (Å²) in [6.45, 7) is 8.52.